The van der Waals surface area contributed by atoms with Crippen LogP contribution in [0.5, 0.6) is 0 Å². The van der Waals surface area contributed by atoms with E-state index in [0.717, 1.165) is 45.7 Å². The molecule has 0 amide bonds. The fourth-order valence-electron chi connectivity index (χ4n) is 1.19. The molecule has 0 spiro atoms. The number of nitrogens with zero attached hydrogens (tertiary/aromatic N) is 3. The van der Waals surface area contributed by atoms with Gasteiger partial charge in [-0.1, -0.05) is 48.5 Å². The van der Waals surface area contributed by atoms with Gasteiger partial charge < -0.3 is 16.0 Å². The van der Waals surface area contributed by atoms with Crippen molar-refractivity contribution in [3.63, 3.8) is 0 Å². The summed E-state index contributed by atoms with van der Waals surface area (Å²) < 4.78 is 0. The van der Waals surface area contributed by atoms with Crippen molar-refractivity contribution in [2.45, 2.75) is 54.9 Å². The summed E-state index contributed by atoms with van der Waals surface area (Å²) in [6.45, 7) is 20.1. The molecule has 0 heterocycles. The summed E-state index contributed by atoms with van der Waals surface area (Å²) in [6.07, 6.45) is 8.33. The molecule has 1 aliphatic carbocycles. The van der Waals surface area contributed by atoms with Crippen LogP contribution in [0.2, 0.25) is 0 Å². The summed E-state index contributed by atoms with van der Waals surface area (Å²) in [5.41, 5.74) is 1.27. The van der Waals surface area contributed by atoms with E-state index in [9.17, 15) is 0 Å². The van der Waals surface area contributed by atoms with Crippen LogP contribution in [0.3, 0.4) is 0 Å². The molecule has 4 heteroatoms. The standard InChI is InChI=1S/C6H7.3C4H10N.Hf/c1-6-4-2-3-5-6;3*1-3-5-4-2;/h2,4H,3H2,1H3;3*3-4H2,1-2H3;/q4*-1;+4. The minimum absolute atomic E-state index is 0. The number of rotatable bonds is 6. The molecule has 0 unspecified atom stereocenters. The van der Waals surface area contributed by atoms with Gasteiger partial charge in [-0.15, -0.1) is 6.42 Å². The molecule has 1 rings (SSSR count). The van der Waals surface area contributed by atoms with Crippen molar-refractivity contribution in [3.05, 3.63) is 39.8 Å². The van der Waals surface area contributed by atoms with Gasteiger partial charge in [0.2, 0.25) is 0 Å². The van der Waals surface area contributed by atoms with Crippen molar-refractivity contribution in [2.24, 2.45) is 0 Å². The Morgan fingerprint density at radius 3 is 1.14 bits per heavy atom. The van der Waals surface area contributed by atoms with E-state index in [1.807, 2.05) is 41.5 Å². The van der Waals surface area contributed by atoms with E-state index in [1.165, 1.54) is 5.57 Å². The van der Waals surface area contributed by atoms with E-state index in [2.05, 4.69) is 41.1 Å². The minimum Gasteiger partial charge on any atom is -0.663 e. The summed E-state index contributed by atoms with van der Waals surface area (Å²) in [6, 6.07) is 0. The first kappa shape index (κ1) is 30.1. The summed E-state index contributed by atoms with van der Waals surface area (Å²) >= 11 is 0. The molecule has 0 saturated carbocycles. The molecule has 0 N–H and O–H groups in total. The molecule has 0 aromatic rings. The monoisotopic (exact) mass is 475 g/mol. The summed E-state index contributed by atoms with van der Waals surface area (Å²) in [4.78, 5) is 0. The molecular weight excluding hydrogens is 437 g/mol. The Labute approximate surface area is 159 Å². The van der Waals surface area contributed by atoms with Gasteiger partial charge in [0.1, 0.15) is 0 Å². The van der Waals surface area contributed by atoms with Gasteiger partial charge in [-0.25, -0.2) is 11.6 Å². The Hall–Kier alpha value is 0.230. The van der Waals surface area contributed by atoms with Crippen LogP contribution in [0, 0.1) is 6.08 Å². The molecule has 3 nitrogen and oxygen atoms in total. The van der Waals surface area contributed by atoms with Gasteiger partial charge in [0.25, 0.3) is 0 Å². The Bertz CT molecular complexity index is 193. The Morgan fingerprint density at radius 1 is 0.773 bits per heavy atom. The van der Waals surface area contributed by atoms with Crippen LogP contribution in [0.1, 0.15) is 54.9 Å². The zero-order valence-electron chi connectivity index (χ0n) is 15.9. The average molecular weight is 474 g/mol. The zero-order chi connectivity index (χ0) is 16.8. The van der Waals surface area contributed by atoms with Gasteiger partial charge >= 0.3 is 25.8 Å². The summed E-state index contributed by atoms with van der Waals surface area (Å²) in [5.74, 6) is 0. The minimum atomic E-state index is 0. The molecule has 0 saturated heterocycles. The first-order chi connectivity index (χ1) is 10.1. The van der Waals surface area contributed by atoms with E-state index >= 15 is 0 Å². The quantitative estimate of drug-likeness (QED) is 0.341. The van der Waals surface area contributed by atoms with Gasteiger partial charge in [-0.05, 0) is 0 Å². The molecule has 0 atom stereocenters. The van der Waals surface area contributed by atoms with Crippen molar-refractivity contribution in [2.75, 3.05) is 39.3 Å². The molecule has 0 aromatic carbocycles. The smallest absolute Gasteiger partial charge is 0.663 e. The van der Waals surface area contributed by atoms with E-state index in [1.54, 1.807) is 0 Å². The molecule has 0 radical (unpaired) electrons. The largest absolute Gasteiger partial charge is 4.00 e. The first-order valence-corrected chi connectivity index (χ1v) is 8.27. The van der Waals surface area contributed by atoms with E-state index in [-0.39, 0.29) is 25.8 Å². The first-order valence-electron chi connectivity index (χ1n) is 8.27. The topological polar surface area (TPSA) is 42.3 Å². The number of hydrogen-bond donors (Lipinski definition) is 0. The maximum atomic E-state index is 3.97. The molecule has 0 bridgehead atoms. The fraction of sp³-hybridized carbons (Fsp3) is 0.778. The molecule has 22 heavy (non-hydrogen) atoms. The summed E-state index contributed by atoms with van der Waals surface area (Å²) in [7, 11) is 0. The maximum absolute atomic E-state index is 3.97. The third kappa shape index (κ3) is 42.7. The van der Waals surface area contributed by atoms with Gasteiger partial charge in [-0.2, -0.15) is 45.3 Å². The third-order valence-electron chi connectivity index (χ3n) is 2.21. The van der Waals surface area contributed by atoms with Crippen molar-refractivity contribution in [1.82, 2.24) is 0 Å². The van der Waals surface area contributed by atoms with Gasteiger partial charge in [0.15, 0.2) is 0 Å². The molecule has 128 valence electrons. The van der Waals surface area contributed by atoms with Crippen LogP contribution < -0.4 is 0 Å². The van der Waals surface area contributed by atoms with Crippen molar-refractivity contribution in [3.8, 4) is 0 Å². The van der Waals surface area contributed by atoms with Crippen LogP contribution in [0.25, 0.3) is 16.0 Å². The van der Waals surface area contributed by atoms with Crippen LogP contribution in [-0.2, 0) is 25.8 Å². The van der Waals surface area contributed by atoms with Crippen LogP contribution in [-0.4, -0.2) is 39.3 Å². The van der Waals surface area contributed by atoms with Crippen LogP contribution in [0.4, 0.5) is 0 Å². The third-order valence-corrected chi connectivity index (χ3v) is 2.21. The van der Waals surface area contributed by atoms with Crippen molar-refractivity contribution >= 4 is 0 Å². The molecule has 1 aliphatic rings. The fourth-order valence-corrected chi connectivity index (χ4v) is 1.19. The van der Waals surface area contributed by atoms with E-state index in [4.69, 9.17) is 0 Å². The predicted molar refractivity (Wildman–Crippen MR) is 99.5 cm³/mol. The Kier molecular flexibility index (Phi) is 45.2. The number of allylic oxidation sites excluding steroid dienone is 4. The van der Waals surface area contributed by atoms with Crippen LogP contribution in [0.15, 0.2) is 17.7 Å². The molecular formula is C18H37HfN3. The van der Waals surface area contributed by atoms with E-state index in [0.29, 0.717) is 0 Å². The van der Waals surface area contributed by atoms with E-state index < -0.39 is 0 Å². The maximum Gasteiger partial charge on any atom is 4.00 e. The predicted octanol–water partition coefficient (Wildman–Crippen LogP) is 5.89. The van der Waals surface area contributed by atoms with Crippen molar-refractivity contribution in [1.29, 1.82) is 0 Å². The Morgan fingerprint density at radius 2 is 1.09 bits per heavy atom. The van der Waals surface area contributed by atoms with Crippen LogP contribution >= 0.6 is 0 Å². The Balaban J connectivity index is -0.0000000973. The van der Waals surface area contributed by atoms with Gasteiger partial charge in [-0.3, -0.25) is 6.08 Å². The van der Waals surface area contributed by atoms with Crippen molar-refractivity contribution < 1.29 is 25.8 Å². The normalized spacial score (nSPS) is 10.8. The SMILES string of the molecule is CC1=[C-]CC=C1.CC[N-]CC.CC[N-]CC.CC[N-]CC.[Hf+4]. The second-order valence-electron chi connectivity index (χ2n) is 4.03. The van der Waals surface area contributed by atoms with Gasteiger partial charge in [0, 0.05) is 0 Å². The number of hydrogen-bond acceptors (Lipinski definition) is 0. The molecule has 0 aromatic heterocycles. The summed E-state index contributed by atoms with van der Waals surface area (Å²) in [5, 5.41) is 11.9. The second-order valence-corrected chi connectivity index (χ2v) is 4.03. The zero-order valence-corrected chi connectivity index (χ0v) is 19.5. The molecule has 0 aliphatic heterocycles. The average Bonchev–Trinajstić information content (AvgIpc) is 2.95. The van der Waals surface area contributed by atoms with Gasteiger partial charge in [0.05, 0.1) is 0 Å². The second kappa shape index (κ2) is 33.0. The molecule has 0 fully saturated rings.